The molecule has 0 aliphatic heterocycles. The van der Waals surface area contributed by atoms with Gasteiger partial charge < -0.3 is 4.74 Å². The third kappa shape index (κ3) is 3.31. The van der Waals surface area contributed by atoms with Crippen LogP contribution in [0.1, 0.15) is 22.8 Å². The molecule has 2 aromatic rings. The Morgan fingerprint density at radius 2 is 2.32 bits per heavy atom. The summed E-state index contributed by atoms with van der Waals surface area (Å²) in [6, 6.07) is 5.72. The largest absolute Gasteiger partial charge is 0.463 e. The van der Waals surface area contributed by atoms with Crippen molar-refractivity contribution < 1.29 is 9.53 Å². The number of ether oxygens (including phenoxy) is 1. The number of anilines is 1. The summed E-state index contributed by atoms with van der Waals surface area (Å²) in [5.41, 5.74) is 1.45. The van der Waals surface area contributed by atoms with Crippen molar-refractivity contribution in [1.29, 1.82) is 0 Å². The van der Waals surface area contributed by atoms with Gasteiger partial charge in [0.05, 0.1) is 6.61 Å². The fourth-order valence-electron chi connectivity index (χ4n) is 1.51. The molecule has 1 heterocycles. The van der Waals surface area contributed by atoms with Crippen molar-refractivity contribution in [2.45, 2.75) is 13.8 Å². The molecule has 0 fully saturated rings. The van der Waals surface area contributed by atoms with Gasteiger partial charge in [0, 0.05) is 10.0 Å². The molecule has 1 aromatic carbocycles. The summed E-state index contributed by atoms with van der Waals surface area (Å²) in [6.45, 7) is 4.17. The number of aromatic nitrogens is 3. The Kier molecular flexibility index (Phi) is 4.16. The van der Waals surface area contributed by atoms with Crippen LogP contribution in [0, 0.1) is 6.92 Å². The Morgan fingerprint density at radius 3 is 3.05 bits per heavy atom. The van der Waals surface area contributed by atoms with E-state index in [1.807, 2.05) is 26.0 Å². The highest BCUT2D eigenvalue weighted by Crippen LogP contribution is 2.17. The zero-order chi connectivity index (χ0) is 13.8. The molecule has 2 N–H and O–H groups in total. The Balaban J connectivity index is 2.13. The van der Waals surface area contributed by atoms with Gasteiger partial charge in [0.1, 0.15) is 0 Å². The van der Waals surface area contributed by atoms with Crippen LogP contribution in [-0.4, -0.2) is 27.7 Å². The zero-order valence-corrected chi connectivity index (χ0v) is 12.1. The first-order chi connectivity index (χ1) is 9.10. The van der Waals surface area contributed by atoms with Crippen LogP contribution in [0.25, 0.3) is 0 Å². The maximum absolute atomic E-state index is 12.1. The summed E-state index contributed by atoms with van der Waals surface area (Å²) in [5, 5.41) is 9.04. The number of aryl methyl sites for hydroxylation is 1. The van der Waals surface area contributed by atoms with E-state index in [1.165, 1.54) is 0 Å². The van der Waals surface area contributed by atoms with Crippen LogP contribution in [0.3, 0.4) is 0 Å². The van der Waals surface area contributed by atoms with Gasteiger partial charge in [0.2, 0.25) is 5.95 Å². The Labute approximate surface area is 118 Å². The summed E-state index contributed by atoms with van der Waals surface area (Å²) in [5.74, 6) is 0.00539. The number of hydrogen-bond acceptors (Lipinski definition) is 4. The maximum Gasteiger partial charge on any atom is 0.337 e. The summed E-state index contributed by atoms with van der Waals surface area (Å²) in [6.07, 6.45) is 0. The highest BCUT2D eigenvalue weighted by molar-refractivity contribution is 9.10. The van der Waals surface area contributed by atoms with Crippen LogP contribution in [0.5, 0.6) is 6.01 Å². The van der Waals surface area contributed by atoms with E-state index in [-0.39, 0.29) is 17.9 Å². The number of rotatable bonds is 4. The van der Waals surface area contributed by atoms with Crippen LogP contribution in [0.2, 0.25) is 0 Å². The number of carbonyl (C=O) groups excluding carboxylic acids is 1. The van der Waals surface area contributed by atoms with Crippen LogP contribution < -0.4 is 10.1 Å². The predicted molar refractivity (Wildman–Crippen MR) is 74.4 cm³/mol. The third-order valence-electron chi connectivity index (χ3n) is 2.41. The number of halogens is 1. The van der Waals surface area contributed by atoms with E-state index in [9.17, 15) is 4.79 Å². The van der Waals surface area contributed by atoms with E-state index in [0.717, 1.165) is 10.0 Å². The smallest absolute Gasteiger partial charge is 0.337 e. The number of aromatic amines is 1. The topological polar surface area (TPSA) is 79.9 Å². The maximum atomic E-state index is 12.1. The number of hydrogen-bond donors (Lipinski definition) is 2. The van der Waals surface area contributed by atoms with Crippen LogP contribution in [0.4, 0.5) is 5.95 Å². The molecule has 0 atom stereocenters. The van der Waals surface area contributed by atoms with Gasteiger partial charge in [-0.3, -0.25) is 10.1 Å². The highest BCUT2D eigenvalue weighted by atomic mass is 79.9. The average molecular weight is 325 g/mol. The number of carbonyl (C=O) groups is 1. The van der Waals surface area contributed by atoms with Gasteiger partial charge in [-0.25, -0.2) is 5.10 Å². The number of nitrogens with zero attached hydrogens (tertiary/aromatic N) is 2. The molecule has 1 amide bonds. The molecule has 7 heteroatoms. The summed E-state index contributed by atoms with van der Waals surface area (Å²) in [7, 11) is 0. The Morgan fingerprint density at radius 1 is 1.53 bits per heavy atom. The zero-order valence-electron chi connectivity index (χ0n) is 10.5. The highest BCUT2D eigenvalue weighted by Gasteiger charge is 2.12. The lowest BCUT2D eigenvalue weighted by atomic mass is 10.1. The van der Waals surface area contributed by atoms with Crippen LogP contribution in [-0.2, 0) is 0 Å². The molecule has 2 rings (SSSR count). The molecule has 19 heavy (non-hydrogen) atoms. The first-order valence-corrected chi connectivity index (χ1v) is 6.52. The summed E-state index contributed by atoms with van der Waals surface area (Å²) >= 11 is 3.34. The van der Waals surface area contributed by atoms with Gasteiger partial charge in [-0.2, -0.15) is 4.98 Å². The SMILES string of the molecule is CCOc1n[nH]c(NC(=O)c2cc(Br)ccc2C)n1. The minimum atomic E-state index is -0.252. The molecule has 0 saturated carbocycles. The van der Waals surface area contributed by atoms with Crippen molar-refractivity contribution >= 4 is 27.8 Å². The Hall–Kier alpha value is -1.89. The first-order valence-electron chi connectivity index (χ1n) is 5.73. The molecule has 0 aliphatic rings. The van der Waals surface area contributed by atoms with E-state index in [1.54, 1.807) is 6.07 Å². The second-order valence-corrected chi connectivity index (χ2v) is 4.73. The minimum absolute atomic E-state index is 0.212. The summed E-state index contributed by atoms with van der Waals surface area (Å²) in [4.78, 5) is 16.1. The van der Waals surface area contributed by atoms with Gasteiger partial charge in [0.25, 0.3) is 5.91 Å². The molecule has 1 aromatic heterocycles. The molecule has 0 spiro atoms. The fraction of sp³-hybridized carbons (Fsp3) is 0.250. The number of amides is 1. The van der Waals surface area contributed by atoms with E-state index < -0.39 is 0 Å². The minimum Gasteiger partial charge on any atom is -0.463 e. The Bertz CT molecular complexity index is 597. The van der Waals surface area contributed by atoms with Gasteiger partial charge in [0.15, 0.2) is 0 Å². The molecular formula is C12H13BrN4O2. The first kappa shape index (κ1) is 13.5. The fourth-order valence-corrected chi connectivity index (χ4v) is 1.87. The predicted octanol–water partition coefficient (Wildman–Crippen LogP) is 2.53. The van der Waals surface area contributed by atoms with Crippen molar-refractivity contribution in [2.24, 2.45) is 0 Å². The van der Waals surface area contributed by atoms with E-state index in [2.05, 4.69) is 36.4 Å². The molecular weight excluding hydrogens is 312 g/mol. The van der Waals surface area contributed by atoms with Gasteiger partial charge in [-0.1, -0.05) is 22.0 Å². The monoisotopic (exact) mass is 324 g/mol. The molecule has 0 bridgehead atoms. The third-order valence-corrected chi connectivity index (χ3v) is 2.91. The van der Waals surface area contributed by atoms with Gasteiger partial charge in [-0.15, -0.1) is 5.10 Å². The number of H-pyrrole nitrogens is 1. The van der Waals surface area contributed by atoms with Crippen molar-refractivity contribution in [3.8, 4) is 6.01 Å². The lowest BCUT2D eigenvalue weighted by molar-refractivity contribution is 0.102. The van der Waals surface area contributed by atoms with E-state index >= 15 is 0 Å². The van der Waals surface area contributed by atoms with Gasteiger partial charge >= 0.3 is 6.01 Å². The molecule has 0 saturated heterocycles. The lowest BCUT2D eigenvalue weighted by Crippen LogP contribution is -2.14. The molecule has 0 radical (unpaired) electrons. The molecule has 0 unspecified atom stereocenters. The van der Waals surface area contributed by atoms with Crippen molar-refractivity contribution in [3.05, 3.63) is 33.8 Å². The number of nitrogens with one attached hydrogen (secondary N) is 2. The molecule has 6 nitrogen and oxygen atoms in total. The lowest BCUT2D eigenvalue weighted by Gasteiger charge is -2.05. The average Bonchev–Trinajstić information content (AvgIpc) is 2.80. The standard InChI is InChI=1S/C12H13BrN4O2/c1-3-19-12-15-11(16-17-12)14-10(18)9-6-8(13)5-4-7(9)2/h4-6H,3H2,1-2H3,(H2,14,15,16,17,18). The van der Waals surface area contributed by atoms with E-state index in [0.29, 0.717) is 12.2 Å². The van der Waals surface area contributed by atoms with Crippen molar-refractivity contribution in [1.82, 2.24) is 15.2 Å². The summed E-state index contributed by atoms with van der Waals surface area (Å²) < 4.78 is 5.95. The van der Waals surface area contributed by atoms with E-state index in [4.69, 9.17) is 4.74 Å². The van der Waals surface area contributed by atoms with Crippen LogP contribution >= 0.6 is 15.9 Å². The second-order valence-electron chi connectivity index (χ2n) is 3.81. The molecule has 0 aliphatic carbocycles. The number of benzene rings is 1. The normalized spacial score (nSPS) is 10.3. The van der Waals surface area contributed by atoms with Crippen molar-refractivity contribution in [2.75, 3.05) is 11.9 Å². The van der Waals surface area contributed by atoms with Gasteiger partial charge in [-0.05, 0) is 31.5 Å². The molecule has 100 valence electrons. The van der Waals surface area contributed by atoms with Crippen LogP contribution in [0.15, 0.2) is 22.7 Å². The second kappa shape index (κ2) is 5.83. The van der Waals surface area contributed by atoms with Crippen molar-refractivity contribution in [3.63, 3.8) is 0 Å². The quantitative estimate of drug-likeness (QED) is 0.905.